The second-order valence-corrected chi connectivity index (χ2v) is 6.17. The highest BCUT2D eigenvalue weighted by Crippen LogP contribution is 2.17. The van der Waals surface area contributed by atoms with Gasteiger partial charge in [-0.2, -0.15) is 0 Å². The first-order valence-electron chi connectivity index (χ1n) is 8.95. The molecule has 6 heteroatoms. The zero-order chi connectivity index (χ0) is 19.8. The minimum atomic E-state index is -0.214. The highest BCUT2D eigenvalue weighted by Gasteiger charge is 2.08. The maximum Gasteiger partial charge on any atom is 0.257 e. The number of ether oxygens (including phenoxy) is 2. The smallest absolute Gasteiger partial charge is 0.257 e. The molecule has 6 nitrogen and oxygen atoms in total. The minimum Gasteiger partial charge on any atom is -0.497 e. The molecule has 0 spiro atoms. The number of hydrogen-bond acceptors (Lipinski definition) is 5. The van der Waals surface area contributed by atoms with Gasteiger partial charge in [-0.15, -0.1) is 0 Å². The number of rotatable bonds is 8. The van der Waals surface area contributed by atoms with Crippen molar-refractivity contribution in [3.63, 3.8) is 0 Å². The molecule has 3 rings (SSSR count). The van der Waals surface area contributed by atoms with Crippen LogP contribution in [0.2, 0.25) is 0 Å². The van der Waals surface area contributed by atoms with Crippen LogP contribution in [0.15, 0.2) is 67.0 Å². The number of methoxy groups -OCH3 is 2. The predicted molar refractivity (Wildman–Crippen MR) is 110 cm³/mol. The van der Waals surface area contributed by atoms with E-state index in [9.17, 15) is 4.79 Å². The number of nitrogens with one attached hydrogen (secondary N) is 2. The molecule has 0 saturated carbocycles. The molecule has 1 heterocycles. The molecule has 0 aliphatic heterocycles. The molecule has 2 aromatic carbocycles. The first-order valence-corrected chi connectivity index (χ1v) is 8.95. The van der Waals surface area contributed by atoms with Gasteiger partial charge in [0.1, 0.15) is 11.5 Å². The zero-order valence-corrected chi connectivity index (χ0v) is 15.9. The average molecular weight is 377 g/mol. The van der Waals surface area contributed by atoms with Crippen LogP contribution in [0.1, 0.15) is 15.9 Å². The molecule has 0 radical (unpaired) electrons. The van der Waals surface area contributed by atoms with Crippen molar-refractivity contribution in [3.05, 3.63) is 78.1 Å². The standard InChI is InChI=1S/C22H23N3O3/c1-27-20-8-6-18(7-9-20)25-22(26)17-13-19(15-23-14-17)24-11-10-16-4-3-5-21(12-16)28-2/h3-9,12-15,24H,10-11H2,1-2H3,(H,25,26). The fourth-order valence-corrected chi connectivity index (χ4v) is 2.72. The number of aromatic nitrogens is 1. The molecule has 0 saturated heterocycles. The first kappa shape index (κ1) is 19.2. The van der Waals surface area contributed by atoms with E-state index < -0.39 is 0 Å². The lowest BCUT2D eigenvalue weighted by atomic mass is 10.1. The lowest BCUT2D eigenvalue weighted by Gasteiger charge is -2.10. The van der Waals surface area contributed by atoms with Gasteiger partial charge in [-0.3, -0.25) is 9.78 Å². The van der Waals surface area contributed by atoms with E-state index in [4.69, 9.17) is 9.47 Å². The zero-order valence-electron chi connectivity index (χ0n) is 15.9. The van der Waals surface area contributed by atoms with Gasteiger partial charge in [0, 0.05) is 24.6 Å². The van der Waals surface area contributed by atoms with Crippen molar-refractivity contribution in [2.45, 2.75) is 6.42 Å². The molecule has 0 aliphatic carbocycles. The Balaban J connectivity index is 1.57. The second-order valence-electron chi connectivity index (χ2n) is 6.17. The van der Waals surface area contributed by atoms with Crippen molar-refractivity contribution in [2.75, 3.05) is 31.4 Å². The number of amides is 1. The Bertz CT molecular complexity index is 926. The third-order valence-corrected chi connectivity index (χ3v) is 4.23. The van der Waals surface area contributed by atoms with E-state index in [1.165, 1.54) is 5.56 Å². The van der Waals surface area contributed by atoms with Crippen LogP contribution in [0.4, 0.5) is 11.4 Å². The Labute approximate surface area is 164 Å². The lowest BCUT2D eigenvalue weighted by Crippen LogP contribution is -2.13. The van der Waals surface area contributed by atoms with E-state index in [1.807, 2.05) is 18.2 Å². The quantitative estimate of drug-likeness (QED) is 0.621. The number of carbonyl (C=O) groups is 1. The van der Waals surface area contributed by atoms with Gasteiger partial charge in [0.05, 0.1) is 25.5 Å². The number of benzene rings is 2. The normalized spacial score (nSPS) is 10.2. The summed E-state index contributed by atoms with van der Waals surface area (Å²) < 4.78 is 10.4. The third-order valence-electron chi connectivity index (χ3n) is 4.23. The van der Waals surface area contributed by atoms with Crippen LogP contribution in [0.5, 0.6) is 11.5 Å². The van der Waals surface area contributed by atoms with Crippen LogP contribution in [0.3, 0.4) is 0 Å². The maximum absolute atomic E-state index is 12.5. The monoisotopic (exact) mass is 377 g/mol. The Morgan fingerprint density at radius 1 is 0.929 bits per heavy atom. The minimum absolute atomic E-state index is 0.214. The van der Waals surface area contributed by atoms with E-state index in [0.29, 0.717) is 11.3 Å². The molecule has 144 valence electrons. The van der Waals surface area contributed by atoms with Crippen molar-refractivity contribution in [1.82, 2.24) is 4.98 Å². The van der Waals surface area contributed by atoms with Gasteiger partial charge in [0.2, 0.25) is 0 Å². The topological polar surface area (TPSA) is 72.5 Å². The van der Waals surface area contributed by atoms with Crippen molar-refractivity contribution >= 4 is 17.3 Å². The van der Waals surface area contributed by atoms with Crippen LogP contribution >= 0.6 is 0 Å². The van der Waals surface area contributed by atoms with E-state index in [1.54, 1.807) is 56.9 Å². The lowest BCUT2D eigenvalue weighted by molar-refractivity contribution is 0.102. The fourth-order valence-electron chi connectivity index (χ4n) is 2.72. The summed E-state index contributed by atoms with van der Waals surface area (Å²) in [5.74, 6) is 1.37. The summed E-state index contributed by atoms with van der Waals surface area (Å²) in [7, 11) is 3.26. The van der Waals surface area contributed by atoms with Crippen molar-refractivity contribution in [3.8, 4) is 11.5 Å². The number of nitrogens with zero attached hydrogens (tertiary/aromatic N) is 1. The van der Waals surface area contributed by atoms with E-state index in [2.05, 4.69) is 21.7 Å². The molecule has 1 amide bonds. The highest BCUT2D eigenvalue weighted by atomic mass is 16.5. The number of pyridine rings is 1. The number of anilines is 2. The summed E-state index contributed by atoms with van der Waals surface area (Å²) in [5, 5.41) is 6.16. The van der Waals surface area contributed by atoms with Crippen LogP contribution < -0.4 is 20.1 Å². The summed E-state index contributed by atoms with van der Waals surface area (Å²) in [6, 6.07) is 16.9. The van der Waals surface area contributed by atoms with Gasteiger partial charge in [-0.05, 0) is 54.4 Å². The molecular weight excluding hydrogens is 354 g/mol. The predicted octanol–water partition coefficient (Wildman–Crippen LogP) is 4.01. The summed E-state index contributed by atoms with van der Waals surface area (Å²) >= 11 is 0. The van der Waals surface area contributed by atoms with Crippen LogP contribution in [0, 0.1) is 0 Å². The first-order chi connectivity index (χ1) is 13.7. The van der Waals surface area contributed by atoms with E-state index in [0.717, 1.165) is 30.2 Å². The number of hydrogen-bond donors (Lipinski definition) is 2. The molecule has 1 aromatic heterocycles. The van der Waals surface area contributed by atoms with Gasteiger partial charge >= 0.3 is 0 Å². The summed E-state index contributed by atoms with van der Waals surface area (Å²) in [6.07, 6.45) is 4.08. The maximum atomic E-state index is 12.5. The van der Waals surface area contributed by atoms with Gasteiger partial charge in [0.15, 0.2) is 0 Å². The Kier molecular flexibility index (Phi) is 6.46. The van der Waals surface area contributed by atoms with Crippen LogP contribution in [-0.4, -0.2) is 31.7 Å². The summed E-state index contributed by atoms with van der Waals surface area (Å²) in [6.45, 7) is 0.721. The SMILES string of the molecule is COc1ccc(NC(=O)c2cncc(NCCc3cccc(OC)c3)c2)cc1. The van der Waals surface area contributed by atoms with Gasteiger partial charge in [-0.25, -0.2) is 0 Å². The van der Waals surface area contributed by atoms with Crippen molar-refractivity contribution in [2.24, 2.45) is 0 Å². The molecule has 0 fully saturated rings. The van der Waals surface area contributed by atoms with Gasteiger partial charge in [0.25, 0.3) is 5.91 Å². The van der Waals surface area contributed by atoms with E-state index >= 15 is 0 Å². The summed E-state index contributed by atoms with van der Waals surface area (Å²) in [4.78, 5) is 16.6. The largest absolute Gasteiger partial charge is 0.497 e. The molecule has 0 bridgehead atoms. The molecule has 0 unspecified atom stereocenters. The molecule has 28 heavy (non-hydrogen) atoms. The van der Waals surface area contributed by atoms with E-state index in [-0.39, 0.29) is 5.91 Å². The van der Waals surface area contributed by atoms with Crippen molar-refractivity contribution < 1.29 is 14.3 Å². The Morgan fingerprint density at radius 3 is 2.46 bits per heavy atom. The fraction of sp³-hybridized carbons (Fsp3) is 0.182. The second kappa shape index (κ2) is 9.41. The number of carbonyl (C=O) groups excluding carboxylic acids is 1. The highest BCUT2D eigenvalue weighted by molar-refractivity contribution is 6.04. The average Bonchev–Trinajstić information content (AvgIpc) is 2.74. The Morgan fingerprint density at radius 2 is 1.71 bits per heavy atom. The molecule has 2 N–H and O–H groups in total. The summed E-state index contributed by atoms with van der Waals surface area (Å²) in [5.41, 5.74) is 3.16. The molecular formula is C22H23N3O3. The third kappa shape index (κ3) is 5.23. The Hall–Kier alpha value is -3.54. The molecule has 3 aromatic rings. The van der Waals surface area contributed by atoms with Crippen molar-refractivity contribution in [1.29, 1.82) is 0 Å². The molecule has 0 atom stereocenters. The molecule has 0 aliphatic rings. The van der Waals surface area contributed by atoms with Crippen LogP contribution in [-0.2, 0) is 6.42 Å². The van der Waals surface area contributed by atoms with Gasteiger partial charge < -0.3 is 20.1 Å². The van der Waals surface area contributed by atoms with Gasteiger partial charge in [-0.1, -0.05) is 12.1 Å². The van der Waals surface area contributed by atoms with Crippen LogP contribution in [0.25, 0.3) is 0 Å².